The summed E-state index contributed by atoms with van der Waals surface area (Å²) in [7, 11) is 1.48. The molecular weight excluding hydrogens is 214 g/mol. The molecule has 0 saturated heterocycles. The standard InChI is InChI=1S/C10H13NO5/c1-16-7-4-2-6(3-5-7)8(11)10(14,15)9(12)13/h2-5,8,14-15H,11H2,1H3,(H,12,13)/t8-/m0/s1. The van der Waals surface area contributed by atoms with Gasteiger partial charge in [-0.1, -0.05) is 12.1 Å². The van der Waals surface area contributed by atoms with Gasteiger partial charge in [0.2, 0.25) is 0 Å². The van der Waals surface area contributed by atoms with Gasteiger partial charge in [-0.2, -0.15) is 0 Å². The Kier molecular flexibility index (Phi) is 3.48. The van der Waals surface area contributed by atoms with E-state index in [2.05, 4.69) is 0 Å². The Morgan fingerprint density at radius 1 is 1.38 bits per heavy atom. The number of nitrogens with two attached hydrogens (primary N) is 1. The van der Waals surface area contributed by atoms with Gasteiger partial charge in [0.05, 0.1) is 13.2 Å². The first kappa shape index (κ1) is 12.4. The largest absolute Gasteiger partial charge is 0.497 e. The Morgan fingerprint density at radius 2 is 1.88 bits per heavy atom. The second kappa shape index (κ2) is 4.48. The first-order chi connectivity index (χ1) is 7.39. The van der Waals surface area contributed by atoms with E-state index in [4.69, 9.17) is 15.6 Å². The summed E-state index contributed by atoms with van der Waals surface area (Å²) in [6.07, 6.45) is 0. The summed E-state index contributed by atoms with van der Waals surface area (Å²) in [5.41, 5.74) is 5.73. The second-order valence-electron chi connectivity index (χ2n) is 3.28. The third-order valence-electron chi connectivity index (χ3n) is 2.22. The third-order valence-corrected chi connectivity index (χ3v) is 2.22. The van der Waals surface area contributed by atoms with E-state index in [-0.39, 0.29) is 5.56 Å². The lowest BCUT2D eigenvalue weighted by atomic mass is 9.99. The summed E-state index contributed by atoms with van der Waals surface area (Å²) in [4.78, 5) is 10.6. The smallest absolute Gasteiger partial charge is 0.366 e. The number of aliphatic hydroxyl groups is 2. The maximum absolute atomic E-state index is 10.6. The fourth-order valence-electron chi connectivity index (χ4n) is 1.18. The van der Waals surface area contributed by atoms with Crippen molar-refractivity contribution in [3.63, 3.8) is 0 Å². The predicted octanol–water partition coefficient (Wildman–Crippen LogP) is -0.540. The normalized spacial score (nSPS) is 13.2. The third kappa shape index (κ3) is 2.30. The minimum atomic E-state index is -2.99. The number of ether oxygens (including phenoxy) is 1. The van der Waals surface area contributed by atoms with Crippen LogP contribution in [0, 0.1) is 0 Å². The van der Waals surface area contributed by atoms with Crippen LogP contribution in [0.4, 0.5) is 0 Å². The van der Waals surface area contributed by atoms with Crippen molar-refractivity contribution in [1.29, 1.82) is 0 Å². The number of carboxylic acids is 1. The van der Waals surface area contributed by atoms with Crippen LogP contribution in [-0.2, 0) is 4.79 Å². The van der Waals surface area contributed by atoms with Crippen molar-refractivity contribution >= 4 is 5.97 Å². The molecule has 0 aliphatic heterocycles. The van der Waals surface area contributed by atoms with Gasteiger partial charge in [0, 0.05) is 0 Å². The van der Waals surface area contributed by atoms with Gasteiger partial charge in [0.15, 0.2) is 0 Å². The van der Waals surface area contributed by atoms with Crippen LogP contribution in [0.25, 0.3) is 0 Å². The first-order valence-electron chi connectivity index (χ1n) is 4.47. The summed E-state index contributed by atoms with van der Waals surface area (Å²) < 4.78 is 4.90. The zero-order valence-electron chi connectivity index (χ0n) is 8.62. The van der Waals surface area contributed by atoms with E-state index in [1.807, 2.05) is 0 Å². The first-order valence-corrected chi connectivity index (χ1v) is 4.47. The van der Waals surface area contributed by atoms with Gasteiger partial charge in [-0.25, -0.2) is 4.79 Å². The SMILES string of the molecule is COc1ccc([C@H](N)C(O)(O)C(=O)O)cc1. The molecule has 1 rings (SSSR count). The fourth-order valence-corrected chi connectivity index (χ4v) is 1.18. The molecule has 5 N–H and O–H groups in total. The number of rotatable bonds is 4. The lowest BCUT2D eigenvalue weighted by Crippen LogP contribution is -2.48. The summed E-state index contributed by atoms with van der Waals surface area (Å²) in [6, 6.07) is 4.59. The van der Waals surface area contributed by atoms with Crippen LogP contribution in [0.3, 0.4) is 0 Å². The van der Waals surface area contributed by atoms with E-state index in [9.17, 15) is 15.0 Å². The van der Waals surface area contributed by atoms with Crippen LogP contribution < -0.4 is 10.5 Å². The zero-order valence-corrected chi connectivity index (χ0v) is 8.62. The summed E-state index contributed by atoms with van der Waals surface area (Å²) in [6.45, 7) is 0. The Bertz CT molecular complexity index is 373. The number of aliphatic carboxylic acids is 1. The average molecular weight is 227 g/mol. The van der Waals surface area contributed by atoms with Crippen LogP contribution in [0.5, 0.6) is 5.75 Å². The molecule has 16 heavy (non-hydrogen) atoms. The molecule has 0 unspecified atom stereocenters. The number of benzene rings is 1. The molecule has 6 heteroatoms. The van der Waals surface area contributed by atoms with Gasteiger partial charge in [0.1, 0.15) is 5.75 Å². The molecule has 0 amide bonds. The van der Waals surface area contributed by atoms with E-state index < -0.39 is 17.8 Å². The van der Waals surface area contributed by atoms with Crippen molar-refractivity contribution in [1.82, 2.24) is 0 Å². The molecule has 1 atom stereocenters. The van der Waals surface area contributed by atoms with Crippen molar-refractivity contribution in [2.75, 3.05) is 7.11 Å². The molecule has 0 aliphatic carbocycles. The van der Waals surface area contributed by atoms with Gasteiger partial charge in [-0.05, 0) is 17.7 Å². The number of carboxylic acid groups (broad SMARTS) is 1. The molecule has 88 valence electrons. The maximum Gasteiger partial charge on any atom is 0.366 e. The molecule has 0 aromatic heterocycles. The molecule has 0 bridgehead atoms. The lowest BCUT2D eigenvalue weighted by Gasteiger charge is -2.24. The highest BCUT2D eigenvalue weighted by Gasteiger charge is 2.41. The molecular formula is C10H13NO5. The number of hydrogen-bond donors (Lipinski definition) is 4. The van der Waals surface area contributed by atoms with Gasteiger partial charge < -0.3 is 25.8 Å². The highest BCUT2D eigenvalue weighted by Crippen LogP contribution is 2.23. The van der Waals surface area contributed by atoms with Crippen molar-refractivity contribution in [3.05, 3.63) is 29.8 Å². The van der Waals surface area contributed by atoms with E-state index in [0.717, 1.165) is 0 Å². The monoisotopic (exact) mass is 227 g/mol. The van der Waals surface area contributed by atoms with Gasteiger partial charge >= 0.3 is 5.97 Å². The summed E-state index contributed by atoms with van der Waals surface area (Å²) in [5.74, 6) is -4.22. The number of methoxy groups -OCH3 is 1. The second-order valence-corrected chi connectivity index (χ2v) is 3.28. The minimum absolute atomic E-state index is 0.285. The van der Waals surface area contributed by atoms with Crippen LogP contribution >= 0.6 is 0 Å². The van der Waals surface area contributed by atoms with Crippen LogP contribution in [0.15, 0.2) is 24.3 Å². The van der Waals surface area contributed by atoms with Crippen LogP contribution in [0.1, 0.15) is 11.6 Å². The summed E-state index contributed by atoms with van der Waals surface area (Å²) in [5, 5.41) is 27.0. The molecule has 0 radical (unpaired) electrons. The van der Waals surface area contributed by atoms with Crippen molar-refractivity contribution < 1.29 is 24.9 Å². The molecule has 1 aromatic rings. The van der Waals surface area contributed by atoms with Gasteiger partial charge in [-0.3, -0.25) is 0 Å². The van der Waals surface area contributed by atoms with E-state index in [1.165, 1.54) is 19.2 Å². The quantitative estimate of drug-likeness (QED) is 0.514. The minimum Gasteiger partial charge on any atom is -0.497 e. The van der Waals surface area contributed by atoms with Gasteiger partial charge in [-0.15, -0.1) is 0 Å². The molecule has 0 fully saturated rings. The molecule has 6 nitrogen and oxygen atoms in total. The van der Waals surface area contributed by atoms with E-state index in [0.29, 0.717) is 5.75 Å². The topological polar surface area (TPSA) is 113 Å². The Hall–Kier alpha value is -1.63. The van der Waals surface area contributed by atoms with E-state index >= 15 is 0 Å². The average Bonchev–Trinajstić information content (AvgIpc) is 2.28. The Morgan fingerprint density at radius 3 is 2.25 bits per heavy atom. The van der Waals surface area contributed by atoms with Crippen molar-refractivity contribution in [2.24, 2.45) is 5.73 Å². The Labute approximate surface area is 91.9 Å². The number of carbonyl (C=O) groups is 1. The fraction of sp³-hybridized carbons (Fsp3) is 0.300. The molecule has 0 saturated carbocycles. The maximum atomic E-state index is 10.6. The van der Waals surface area contributed by atoms with Crippen molar-refractivity contribution in [3.8, 4) is 5.75 Å². The molecule has 0 heterocycles. The highest BCUT2D eigenvalue weighted by molar-refractivity contribution is 5.76. The Balaban J connectivity index is 2.96. The lowest BCUT2D eigenvalue weighted by molar-refractivity contribution is -0.211. The van der Waals surface area contributed by atoms with Crippen molar-refractivity contribution in [2.45, 2.75) is 11.8 Å². The molecule has 0 aliphatic rings. The predicted molar refractivity (Wildman–Crippen MR) is 54.7 cm³/mol. The summed E-state index contributed by atoms with van der Waals surface area (Å²) >= 11 is 0. The van der Waals surface area contributed by atoms with E-state index in [1.54, 1.807) is 12.1 Å². The van der Waals surface area contributed by atoms with Gasteiger partial charge in [0.25, 0.3) is 5.79 Å². The molecule has 1 aromatic carbocycles. The van der Waals surface area contributed by atoms with Crippen LogP contribution in [-0.4, -0.2) is 34.2 Å². The van der Waals surface area contributed by atoms with Crippen LogP contribution in [0.2, 0.25) is 0 Å². The zero-order chi connectivity index (χ0) is 12.3. The number of hydrogen-bond acceptors (Lipinski definition) is 5. The molecule has 0 spiro atoms. The highest BCUT2D eigenvalue weighted by atomic mass is 16.5.